The van der Waals surface area contributed by atoms with E-state index in [1.165, 1.54) is 11.6 Å². The summed E-state index contributed by atoms with van der Waals surface area (Å²) in [6, 6.07) is 3.99. The summed E-state index contributed by atoms with van der Waals surface area (Å²) in [4.78, 5) is 14.8. The fourth-order valence-electron chi connectivity index (χ4n) is 2.42. The Morgan fingerprint density at radius 1 is 1.36 bits per heavy atom. The predicted molar refractivity (Wildman–Crippen MR) is 88.3 cm³/mol. The fraction of sp³-hybridized carbons (Fsp3) is 0.353. The Hall–Kier alpha value is -2.43. The van der Waals surface area contributed by atoms with Gasteiger partial charge in [0.15, 0.2) is 5.75 Å². The molecule has 1 heterocycles. The van der Waals surface area contributed by atoms with Crippen LogP contribution in [0, 0.1) is 13.8 Å². The number of H-pyrrole nitrogens is 1. The number of aromatic amines is 1. The number of nitrogens with one attached hydrogen (secondary N) is 2. The molecule has 0 saturated carbocycles. The van der Waals surface area contributed by atoms with Crippen molar-refractivity contribution in [3.05, 3.63) is 35.2 Å². The second-order valence-electron chi connectivity index (χ2n) is 5.15. The molecule has 0 unspecified atom stereocenters. The summed E-state index contributed by atoms with van der Waals surface area (Å²) < 4.78 is 10.4. The first-order valence-electron chi connectivity index (χ1n) is 7.25. The average molecular weight is 302 g/mol. The molecule has 1 aromatic carbocycles. The highest BCUT2D eigenvalue weighted by atomic mass is 16.5. The smallest absolute Gasteiger partial charge is 0.332 e. The van der Waals surface area contributed by atoms with Crippen LogP contribution in [0.15, 0.2) is 23.9 Å². The van der Waals surface area contributed by atoms with Gasteiger partial charge in [-0.2, -0.15) is 0 Å². The molecule has 2 N–H and O–H groups in total. The first-order chi connectivity index (χ1) is 10.5. The molecule has 0 aliphatic carbocycles. The summed E-state index contributed by atoms with van der Waals surface area (Å²) in [7, 11) is 1.63. The maximum Gasteiger partial charge on any atom is 0.332 e. The molecule has 0 fully saturated rings. The summed E-state index contributed by atoms with van der Waals surface area (Å²) in [6.45, 7) is 8.06. The van der Waals surface area contributed by atoms with Gasteiger partial charge >= 0.3 is 5.97 Å². The molecule has 0 amide bonds. The fourth-order valence-corrected chi connectivity index (χ4v) is 2.42. The van der Waals surface area contributed by atoms with Crippen LogP contribution in [-0.4, -0.2) is 24.7 Å². The van der Waals surface area contributed by atoms with E-state index < -0.39 is 0 Å². The number of carbonyl (C=O) groups excluding carboxylic acids is 1. The second-order valence-corrected chi connectivity index (χ2v) is 5.15. The van der Waals surface area contributed by atoms with Crippen molar-refractivity contribution in [1.82, 2.24) is 4.98 Å². The molecule has 118 valence electrons. The summed E-state index contributed by atoms with van der Waals surface area (Å²) in [5, 5.41) is 4.32. The van der Waals surface area contributed by atoms with Crippen molar-refractivity contribution in [2.75, 3.05) is 19.0 Å². The van der Waals surface area contributed by atoms with E-state index in [-0.39, 0.29) is 5.97 Å². The molecule has 0 saturated heterocycles. The first kappa shape index (κ1) is 15.9. The molecule has 0 atom stereocenters. The number of fused-ring (bicyclic) bond motifs is 1. The molecular formula is C17H22N2O3. The zero-order valence-electron chi connectivity index (χ0n) is 13.7. The largest absolute Gasteiger partial charge is 0.492 e. The van der Waals surface area contributed by atoms with Crippen LogP contribution in [0.3, 0.4) is 0 Å². The van der Waals surface area contributed by atoms with E-state index in [0.29, 0.717) is 12.3 Å². The summed E-state index contributed by atoms with van der Waals surface area (Å²) in [5.74, 6) is 0.365. The molecule has 0 aliphatic heterocycles. The highest BCUT2D eigenvalue weighted by Gasteiger charge is 2.13. The van der Waals surface area contributed by atoms with Gasteiger partial charge in [0, 0.05) is 22.9 Å². The quantitative estimate of drug-likeness (QED) is 0.653. The third-order valence-corrected chi connectivity index (χ3v) is 3.59. The number of hydrogen-bond acceptors (Lipinski definition) is 4. The maximum atomic E-state index is 11.5. The van der Waals surface area contributed by atoms with Crippen LogP contribution >= 0.6 is 0 Å². The predicted octanol–water partition coefficient (Wildman–Crippen LogP) is 3.67. The first-order valence-corrected chi connectivity index (χ1v) is 7.25. The molecule has 5 nitrogen and oxygen atoms in total. The van der Waals surface area contributed by atoms with Crippen molar-refractivity contribution in [3.8, 4) is 5.75 Å². The van der Waals surface area contributed by atoms with Gasteiger partial charge in [0.2, 0.25) is 0 Å². The minimum Gasteiger partial charge on any atom is -0.492 e. The molecule has 2 rings (SSSR count). The summed E-state index contributed by atoms with van der Waals surface area (Å²) >= 11 is 0. The lowest BCUT2D eigenvalue weighted by molar-refractivity contribution is -0.137. The van der Waals surface area contributed by atoms with Crippen molar-refractivity contribution >= 4 is 22.6 Å². The molecule has 0 bridgehead atoms. The van der Waals surface area contributed by atoms with Gasteiger partial charge in [0.1, 0.15) is 0 Å². The molecule has 0 aliphatic rings. The van der Waals surface area contributed by atoms with E-state index in [0.717, 1.165) is 28.0 Å². The standard InChI is InChI=1S/C17H22N2O3/c1-6-22-15(20)9-10(2)18-14-8-7-13-11(3)12(4)19-16(13)17(14)21-5/h7-9,18-19H,6H2,1-5H3/b10-9+. The average Bonchev–Trinajstić information content (AvgIpc) is 2.74. The van der Waals surface area contributed by atoms with E-state index in [4.69, 9.17) is 9.47 Å². The Morgan fingerprint density at radius 3 is 2.73 bits per heavy atom. The van der Waals surface area contributed by atoms with Crippen molar-refractivity contribution in [1.29, 1.82) is 0 Å². The molecule has 1 aromatic heterocycles. The molecule has 0 radical (unpaired) electrons. The van der Waals surface area contributed by atoms with Gasteiger partial charge in [-0.15, -0.1) is 0 Å². The maximum absolute atomic E-state index is 11.5. The third kappa shape index (κ3) is 3.08. The second kappa shape index (κ2) is 6.56. The van der Waals surface area contributed by atoms with Gasteiger partial charge in [-0.05, 0) is 39.3 Å². The Kier molecular flexibility index (Phi) is 4.75. The number of carbonyl (C=O) groups is 1. The van der Waals surface area contributed by atoms with Crippen LogP contribution in [0.1, 0.15) is 25.1 Å². The van der Waals surface area contributed by atoms with Crippen molar-refractivity contribution < 1.29 is 14.3 Å². The number of rotatable bonds is 5. The van der Waals surface area contributed by atoms with Crippen molar-refractivity contribution in [2.24, 2.45) is 0 Å². The van der Waals surface area contributed by atoms with Crippen LogP contribution in [0.5, 0.6) is 5.75 Å². The number of allylic oxidation sites excluding steroid dienone is 1. The lowest BCUT2D eigenvalue weighted by Gasteiger charge is -2.12. The van der Waals surface area contributed by atoms with Gasteiger partial charge in [-0.25, -0.2) is 4.79 Å². The van der Waals surface area contributed by atoms with E-state index >= 15 is 0 Å². The topological polar surface area (TPSA) is 63.3 Å². The van der Waals surface area contributed by atoms with E-state index in [1.807, 2.05) is 26.0 Å². The molecule has 22 heavy (non-hydrogen) atoms. The summed E-state index contributed by atoms with van der Waals surface area (Å²) in [6.07, 6.45) is 1.43. The molecule has 2 aromatic rings. The molecule has 0 spiro atoms. The van der Waals surface area contributed by atoms with Crippen LogP contribution in [0.4, 0.5) is 5.69 Å². The van der Waals surface area contributed by atoms with Crippen molar-refractivity contribution in [2.45, 2.75) is 27.7 Å². The minimum atomic E-state index is -0.362. The van der Waals surface area contributed by atoms with Gasteiger partial charge in [-0.3, -0.25) is 0 Å². The lowest BCUT2D eigenvalue weighted by atomic mass is 10.1. The Morgan fingerprint density at radius 2 is 2.09 bits per heavy atom. The van der Waals surface area contributed by atoms with Crippen LogP contribution < -0.4 is 10.1 Å². The van der Waals surface area contributed by atoms with Crippen LogP contribution in [0.2, 0.25) is 0 Å². The van der Waals surface area contributed by atoms with Gasteiger partial charge in [0.25, 0.3) is 0 Å². The molecular weight excluding hydrogens is 280 g/mol. The Labute approximate surface area is 130 Å². The summed E-state index contributed by atoms with van der Waals surface area (Å²) in [5.41, 5.74) is 4.76. The monoisotopic (exact) mass is 302 g/mol. The normalized spacial score (nSPS) is 11.6. The Bertz CT molecular complexity index is 729. The number of ether oxygens (including phenoxy) is 2. The van der Waals surface area contributed by atoms with E-state index in [2.05, 4.69) is 17.2 Å². The number of anilines is 1. The van der Waals surface area contributed by atoms with E-state index in [1.54, 1.807) is 14.0 Å². The van der Waals surface area contributed by atoms with Gasteiger partial charge in [0.05, 0.1) is 24.9 Å². The van der Waals surface area contributed by atoms with Crippen molar-refractivity contribution in [3.63, 3.8) is 0 Å². The number of aryl methyl sites for hydroxylation is 2. The van der Waals surface area contributed by atoms with Crippen LogP contribution in [0.25, 0.3) is 10.9 Å². The van der Waals surface area contributed by atoms with Gasteiger partial charge in [-0.1, -0.05) is 6.07 Å². The molecule has 5 heteroatoms. The van der Waals surface area contributed by atoms with Gasteiger partial charge < -0.3 is 19.8 Å². The highest BCUT2D eigenvalue weighted by molar-refractivity contribution is 5.94. The lowest BCUT2D eigenvalue weighted by Crippen LogP contribution is -2.05. The third-order valence-electron chi connectivity index (χ3n) is 3.59. The Balaban J connectivity index is 2.37. The zero-order chi connectivity index (χ0) is 16.3. The zero-order valence-corrected chi connectivity index (χ0v) is 13.7. The number of methoxy groups -OCH3 is 1. The number of aromatic nitrogens is 1. The minimum absolute atomic E-state index is 0.360. The van der Waals surface area contributed by atoms with Crippen LogP contribution in [-0.2, 0) is 9.53 Å². The number of esters is 1. The SMILES string of the molecule is CCOC(=O)/C=C(\C)Nc1ccc2c(C)c(C)[nH]c2c1OC. The number of benzene rings is 1. The number of hydrogen-bond donors (Lipinski definition) is 2. The van der Waals surface area contributed by atoms with E-state index in [9.17, 15) is 4.79 Å². The highest BCUT2D eigenvalue weighted by Crippen LogP contribution is 2.36.